The number of nitrogens with zero attached hydrogens (tertiary/aromatic N) is 3. The molecule has 0 bridgehead atoms. The molecule has 1 N–H and O–H groups in total. The number of carbonyl (C=O) groups is 2. The largest absolute Gasteiger partial charge is 0.507 e. The fraction of sp³-hybridized carbons (Fsp3) is 0.143. The molecule has 1 aromatic heterocycles. The minimum Gasteiger partial charge on any atom is -0.507 e. The minimum atomic E-state index is -0.850. The molecule has 1 fully saturated rings. The zero-order chi connectivity index (χ0) is 26.1. The fourth-order valence-electron chi connectivity index (χ4n) is 4.17. The Morgan fingerprint density at radius 1 is 1.00 bits per heavy atom. The molecule has 7 nitrogen and oxygen atoms in total. The number of benzene rings is 3. The Bertz CT molecular complexity index is 1510. The molecule has 0 spiro atoms. The summed E-state index contributed by atoms with van der Waals surface area (Å²) in [4.78, 5) is 27.7. The summed E-state index contributed by atoms with van der Waals surface area (Å²) >= 11 is 4.63. The molecular formula is C28H22BrN3O4S. The first-order valence-corrected chi connectivity index (χ1v) is 13.1. The van der Waals surface area contributed by atoms with Crippen LogP contribution in [0.5, 0.6) is 5.75 Å². The van der Waals surface area contributed by atoms with Crippen LogP contribution in [0.4, 0.5) is 5.13 Å². The summed E-state index contributed by atoms with van der Waals surface area (Å²) in [5, 5.41) is 20.4. The normalized spacial score (nSPS) is 16.8. The van der Waals surface area contributed by atoms with Crippen molar-refractivity contribution in [1.29, 1.82) is 0 Å². The number of Topliss-reactive ketones (excluding diaryl/α,β-unsaturated/α-hetero) is 1. The molecular weight excluding hydrogens is 554 g/mol. The molecule has 5 rings (SSSR count). The molecule has 2 heterocycles. The standard InChI is InChI=1S/C28H22BrN3O4S/c1-16-5-3-4-6-20(16)15-36-22-13-9-19(10-14-22)25(33)23-24(18-7-11-21(29)12-8-18)32(27(35)26(23)34)28-31-30-17(2)37-28/h3-14,24,33H,15H2,1-2H3/b25-23+. The van der Waals surface area contributed by atoms with Crippen LogP contribution in [-0.2, 0) is 16.2 Å². The monoisotopic (exact) mass is 575 g/mol. The van der Waals surface area contributed by atoms with E-state index in [9.17, 15) is 14.7 Å². The predicted octanol–water partition coefficient (Wildman–Crippen LogP) is 6.12. The number of hydrogen-bond donors (Lipinski definition) is 1. The van der Waals surface area contributed by atoms with E-state index in [-0.39, 0.29) is 11.3 Å². The van der Waals surface area contributed by atoms with Gasteiger partial charge in [-0.1, -0.05) is 63.7 Å². The third-order valence-corrected chi connectivity index (χ3v) is 7.50. The lowest BCUT2D eigenvalue weighted by atomic mass is 9.95. The smallest absolute Gasteiger partial charge is 0.301 e. The third-order valence-electron chi connectivity index (χ3n) is 6.13. The number of carbonyl (C=O) groups excluding carboxylic acids is 2. The maximum absolute atomic E-state index is 13.2. The van der Waals surface area contributed by atoms with E-state index in [0.717, 1.165) is 15.6 Å². The van der Waals surface area contributed by atoms with Crippen molar-refractivity contribution in [3.05, 3.63) is 110 Å². The summed E-state index contributed by atoms with van der Waals surface area (Å²) in [5.41, 5.74) is 3.27. The molecule has 186 valence electrons. The highest BCUT2D eigenvalue weighted by Gasteiger charge is 2.48. The van der Waals surface area contributed by atoms with E-state index < -0.39 is 17.7 Å². The van der Waals surface area contributed by atoms with Gasteiger partial charge in [0.15, 0.2) is 0 Å². The van der Waals surface area contributed by atoms with Crippen LogP contribution in [0.15, 0.2) is 82.8 Å². The van der Waals surface area contributed by atoms with Crippen molar-refractivity contribution in [2.24, 2.45) is 0 Å². The van der Waals surface area contributed by atoms with Crippen molar-refractivity contribution in [2.75, 3.05) is 4.90 Å². The summed E-state index contributed by atoms with van der Waals surface area (Å²) in [6.07, 6.45) is 0. The van der Waals surface area contributed by atoms with E-state index in [1.165, 1.54) is 16.2 Å². The van der Waals surface area contributed by atoms with E-state index in [4.69, 9.17) is 4.74 Å². The molecule has 1 unspecified atom stereocenters. The number of aromatic nitrogens is 2. The Hall–Kier alpha value is -3.82. The van der Waals surface area contributed by atoms with E-state index in [1.807, 2.05) is 43.3 Å². The quantitative estimate of drug-likeness (QED) is 0.169. The van der Waals surface area contributed by atoms with Crippen LogP contribution in [0.2, 0.25) is 0 Å². The maximum atomic E-state index is 13.2. The van der Waals surface area contributed by atoms with Crippen LogP contribution in [0.25, 0.3) is 5.76 Å². The average molecular weight is 576 g/mol. The van der Waals surface area contributed by atoms with Gasteiger partial charge in [0.2, 0.25) is 5.13 Å². The van der Waals surface area contributed by atoms with Crippen molar-refractivity contribution in [2.45, 2.75) is 26.5 Å². The Labute approximate surface area is 226 Å². The van der Waals surface area contributed by atoms with Gasteiger partial charge in [-0.25, -0.2) is 0 Å². The number of anilines is 1. The summed E-state index contributed by atoms with van der Waals surface area (Å²) < 4.78 is 6.75. The van der Waals surface area contributed by atoms with Gasteiger partial charge >= 0.3 is 5.91 Å². The number of ether oxygens (including phenoxy) is 1. The number of rotatable bonds is 6. The van der Waals surface area contributed by atoms with Crippen molar-refractivity contribution in [3.8, 4) is 5.75 Å². The number of aliphatic hydroxyl groups excluding tert-OH is 1. The van der Waals surface area contributed by atoms with Crippen LogP contribution in [0, 0.1) is 13.8 Å². The van der Waals surface area contributed by atoms with Gasteiger partial charge in [0.1, 0.15) is 23.1 Å². The first kappa shape index (κ1) is 24.9. The highest BCUT2D eigenvalue weighted by molar-refractivity contribution is 9.10. The van der Waals surface area contributed by atoms with Gasteiger partial charge in [-0.05, 0) is 66.9 Å². The van der Waals surface area contributed by atoms with Crippen molar-refractivity contribution in [3.63, 3.8) is 0 Å². The van der Waals surface area contributed by atoms with Crippen LogP contribution in [0.3, 0.4) is 0 Å². The molecule has 1 saturated heterocycles. The molecule has 9 heteroatoms. The first-order chi connectivity index (χ1) is 17.8. The highest BCUT2D eigenvalue weighted by atomic mass is 79.9. The van der Waals surface area contributed by atoms with E-state index in [0.29, 0.717) is 33.6 Å². The Balaban J connectivity index is 1.50. The summed E-state index contributed by atoms with van der Waals surface area (Å²) in [6, 6.07) is 21.2. The SMILES string of the molecule is Cc1nnc(N2C(=O)C(=O)/C(=C(/O)c3ccc(OCc4ccccc4C)cc3)C2c2ccc(Br)cc2)s1. The molecule has 0 radical (unpaired) electrons. The molecule has 1 aliphatic heterocycles. The third kappa shape index (κ3) is 4.92. The van der Waals surface area contributed by atoms with E-state index in [1.54, 1.807) is 43.3 Å². The second-order valence-corrected chi connectivity index (χ2v) is 10.6. The number of amides is 1. The lowest BCUT2D eigenvalue weighted by Gasteiger charge is -2.22. The van der Waals surface area contributed by atoms with Gasteiger partial charge in [-0.3, -0.25) is 14.5 Å². The van der Waals surface area contributed by atoms with Crippen LogP contribution in [-0.4, -0.2) is 27.0 Å². The van der Waals surface area contributed by atoms with Gasteiger partial charge < -0.3 is 9.84 Å². The average Bonchev–Trinajstić information content (AvgIpc) is 3.44. The van der Waals surface area contributed by atoms with E-state index >= 15 is 0 Å². The van der Waals surface area contributed by atoms with Crippen molar-refractivity contribution in [1.82, 2.24) is 10.2 Å². The van der Waals surface area contributed by atoms with Crippen molar-refractivity contribution < 1.29 is 19.4 Å². The summed E-state index contributed by atoms with van der Waals surface area (Å²) in [6.45, 7) is 4.21. The number of ketones is 1. The van der Waals surface area contributed by atoms with Gasteiger partial charge in [0.05, 0.1) is 11.6 Å². The van der Waals surface area contributed by atoms with Crippen LogP contribution >= 0.6 is 27.3 Å². The minimum absolute atomic E-state index is 0.00578. The lowest BCUT2D eigenvalue weighted by Crippen LogP contribution is -2.29. The van der Waals surface area contributed by atoms with Gasteiger partial charge in [0.25, 0.3) is 5.78 Å². The molecule has 0 aliphatic carbocycles. The Morgan fingerprint density at radius 3 is 2.35 bits per heavy atom. The van der Waals surface area contributed by atoms with Crippen LogP contribution < -0.4 is 9.64 Å². The van der Waals surface area contributed by atoms with Gasteiger partial charge in [0, 0.05) is 10.0 Å². The topological polar surface area (TPSA) is 92.6 Å². The van der Waals surface area contributed by atoms with Crippen molar-refractivity contribution >= 4 is 49.8 Å². The second-order valence-electron chi connectivity index (χ2n) is 8.56. The zero-order valence-corrected chi connectivity index (χ0v) is 22.4. The molecule has 37 heavy (non-hydrogen) atoms. The number of halogens is 1. The molecule has 4 aromatic rings. The fourth-order valence-corrected chi connectivity index (χ4v) is 5.15. The highest BCUT2D eigenvalue weighted by Crippen LogP contribution is 2.43. The molecule has 1 aliphatic rings. The maximum Gasteiger partial charge on any atom is 0.301 e. The molecule has 1 amide bonds. The number of aryl methyl sites for hydroxylation is 2. The second kappa shape index (κ2) is 10.3. The molecule has 3 aromatic carbocycles. The lowest BCUT2D eigenvalue weighted by molar-refractivity contribution is -0.132. The predicted molar refractivity (Wildman–Crippen MR) is 146 cm³/mol. The van der Waals surface area contributed by atoms with E-state index in [2.05, 4.69) is 26.1 Å². The Morgan fingerprint density at radius 2 is 1.70 bits per heavy atom. The summed E-state index contributed by atoms with van der Waals surface area (Å²) in [5.74, 6) is -1.18. The molecule has 0 saturated carbocycles. The number of hydrogen-bond acceptors (Lipinski definition) is 7. The summed E-state index contributed by atoms with van der Waals surface area (Å²) in [7, 11) is 0. The zero-order valence-electron chi connectivity index (χ0n) is 20.0. The first-order valence-electron chi connectivity index (χ1n) is 11.5. The number of aliphatic hydroxyl groups is 1. The Kier molecular flexibility index (Phi) is 6.90. The van der Waals surface area contributed by atoms with Gasteiger partial charge in [-0.15, -0.1) is 10.2 Å². The molecule has 1 atom stereocenters. The van der Waals surface area contributed by atoms with Crippen LogP contribution in [0.1, 0.15) is 33.3 Å². The van der Waals surface area contributed by atoms with Gasteiger partial charge in [-0.2, -0.15) is 0 Å².